The first kappa shape index (κ1) is 46.3. The summed E-state index contributed by atoms with van der Waals surface area (Å²) in [5, 5.41) is 40.5. The molecule has 168 valence electrons. The molecule has 0 bridgehead atoms. The standard InChI is InChI=1S/C6H8O4.4C3H8O.2Ti/c1-3(7)5(4(2)8)6(9)10;4*1-3(2)4;;/h5H,1-2H3,(H,9,10);4*3-4H,1-2H3;;. The molecule has 5 N–H and O–H groups in total. The van der Waals surface area contributed by atoms with Gasteiger partial charge in [-0.2, -0.15) is 0 Å². The molecule has 0 unspecified atom stereocenters. The van der Waals surface area contributed by atoms with Gasteiger partial charge >= 0.3 is 5.97 Å². The van der Waals surface area contributed by atoms with Crippen molar-refractivity contribution >= 4 is 17.5 Å². The molecule has 0 atom stereocenters. The van der Waals surface area contributed by atoms with Crippen LogP contribution in [0.15, 0.2) is 0 Å². The van der Waals surface area contributed by atoms with Gasteiger partial charge in [0.25, 0.3) is 0 Å². The number of hydrogen-bond acceptors (Lipinski definition) is 7. The number of hydrogen-bond donors (Lipinski definition) is 5. The van der Waals surface area contributed by atoms with Crippen LogP contribution in [0.1, 0.15) is 69.2 Å². The summed E-state index contributed by atoms with van der Waals surface area (Å²) in [5.74, 6) is -4.10. The number of aliphatic carboxylic acids is 1. The van der Waals surface area contributed by atoms with E-state index >= 15 is 0 Å². The first-order valence-electron chi connectivity index (χ1n) is 8.35. The Labute approximate surface area is 199 Å². The van der Waals surface area contributed by atoms with E-state index in [-0.39, 0.29) is 67.9 Å². The zero-order chi connectivity index (χ0) is 22.6. The van der Waals surface area contributed by atoms with E-state index in [1.54, 1.807) is 55.4 Å². The normalized spacial score (nSPS) is 8.54. The van der Waals surface area contributed by atoms with Crippen molar-refractivity contribution in [1.82, 2.24) is 0 Å². The largest absolute Gasteiger partial charge is 0.480 e. The van der Waals surface area contributed by atoms with Gasteiger partial charge in [-0.05, 0) is 69.2 Å². The third-order valence-corrected chi connectivity index (χ3v) is 1.06. The third kappa shape index (κ3) is 112. The minimum Gasteiger partial charge on any atom is -0.480 e. The van der Waals surface area contributed by atoms with Crippen LogP contribution in [-0.2, 0) is 57.8 Å². The van der Waals surface area contributed by atoms with E-state index in [0.717, 1.165) is 13.8 Å². The molecule has 0 aromatic rings. The molecule has 0 aliphatic heterocycles. The van der Waals surface area contributed by atoms with E-state index in [9.17, 15) is 14.4 Å². The summed E-state index contributed by atoms with van der Waals surface area (Å²) in [4.78, 5) is 31.0. The van der Waals surface area contributed by atoms with E-state index in [0.29, 0.717) is 0 Å². The molecule has 0 amide bonds. The van der Waals surface area contributed by atoms with Crippen molar-refractivity contribution in [3.05, 3.63) is 0 Å². The van der Waals surface area contributed by atoms with Crippen LogP contribution in [0.5, 0.6) is 0 Å². The molecule has 0 fully saturated rings. The topological polar surface area (TPSA) is 152 Å². The zero-order valence-corrected chi connectivity index (χ0v) is 22.0. The molecular weight excluding hydrogens is 440 g/mol. The average molecular weight is 480 g/mol. The molecule has 0 rings (SSSR count). The van der Waals surface area contributed by atoms with E-state index in [1.807, 2.05) is 0 Å². The van der Waals surface area contributed by atoms with Crippen LogP contribution in [0.4, 0.5) is 0 Å². The fourth-order valence-corrected chi connectivity index (χ4v) is 0.634. The second kappa shape index (κ2) is 31.8. The van der Waals surface area contributed by atoms with Gasteiger partial charge in [-0.3, -0.25) is 14.4 Å². The predicted molar refractivity (Wildman–Crippen MR) is 102 cm³/mol. The number of carbonyl (C=O) groups excluding carboxylic acids is 2. The fourth-order valence-electron chi connectivity index (χ4n) is 0.634. The van der Waals surface area contributed by atoms with Gasteiger partial charge in [0.2, 0.25) is 0 Å². The van der Waals surface area contributed by atoms with Crippen LogP contribution in [0.25, 0.3) is 0 Å². The zero-order valence-electron chi connectivity index (χ0n) is 18.8. The average Bonchev–Trinajstić information content (AvgIpc) is 2.22. The van der Waals surface area contributed by atoms with Crippen molar-refractivity contribution in [2.45, 2.75) is 93.7 Å². The van der Waals surface area contributed by atoms with Crippen molar-refractivity contribution in [1.29, 1.82) is 0 Å². The van der Waals surface area contributed by atoms with Crippen LogP contribution in [0, 0.1) is 5.92 Å². The van der Waals surface area contributed by atoms with Crippen LogP contribution >= 0.6 is 0 Å². The molecule has 0 aliphatic rings. The molecule has 0 aliphatic carbocycles. The summed E-state index contributed by atoms with van der Waals surface area (Å²) < 4.78 is 0. The molecule has 0 aromatic heterocycles. The summed E-state index contributed by atoms with van der Waals surface area (Å²) in [7, 11) is 0. The van der Waals surface area contributed by atoms with Gasteiger partial charge in [-0.15, -0.1) is 0 Å². The number of ketones is 2. The van der Waals surface area contributed by atoms with Crippen molar-refractivity contribution in [2.75, 3.05) is 0 Å². The van der Waals surface area contributed by atoms with Gasteiger partial charge in [-0.1, -0.05) is 0 Å². The molecule has 0 saturated carbocycles. The maximum absolute atomic E-state index is 10.4. The number of carboxylic acids is 1. The number of aliphatic hydroxyl groups excluding tert-OH is 4. The van der Waals surface area contributed by atoms with Gasteiger partial charge in [0, 0.05) is 67.9 Å². The van der Waals surface area contributed by atoms with Crippen LogP contribution in [0.2, 0.25) is 0 Å². The van der Waals surface area contributed by atoms with Gasteiger partial charge in [-0.25, -0.2) is 0 Å². The Morgan fingerprint density at radius 2 is 0.643 bits per heavy atom. The fraction of sp³-hybridized carbons (Fsp3) is 0.833. The van der Waals surface area contributed by atoms with Gasteiger partial charge in [0.15, 0.2) is 17.5 Å². The van der Waals surface area contributed by atoms with Gasteiger partial charge < -0.3 is 25.5 Å². The minimum atomic E-state index is -1.47. The molecule has 10 heteroatoms. The predicted octanol–water partition coefficient (Wildman–Crippen LogP) is 1.41. The Hall–Kier alpha value is 0.0786. The summed E-state index contributed by atoms with van der Waals surface area (Å²) in [6.07, 6.45) is -0.667. The molecule has 28 heavy (non-hydrogen) atoms. The van der Waals surface area contributed by atoms with E-state index < -0.39 is 23.5 Å². The molecule has 0 heterocycles. The van der Waals surface area contributed by atoms with Crippen molar-refractivity contribution in [3.8, 4) is 0 Å². The number of rotatable bonds is 3. The monoisotopic (exact) mass is 480 g/mol. The van der Waals surface area contributed by atoms with Crippen molar-refractivity contribution in [2.24, 2.45) is 5.92 Å². The first-order valence-corrected chi connectivity index (χ1v) is 8.35. The Morgan fingerprint density at radius 3 is 0.643 bits per heavy atom. The summed E-state index contributed by atoms with van der Waals surface area (Å²) in [6.45, 7) is 15.9. The Kier molecular flexibility index (Phi) is 52.6. The summed E-state index contributed by atoms with van der Waals surface area (Å²) in [5.41, 5.74) is 0. The van der Waals surface area contributed by atoms with Crippen LogP contribution in [0.3, 0.4) is 0 Å². The quantitative estimate of drug-likeness (QED) is 0.300. The number of aliphatic hydroxyl groups is 4. The maximum atomic E-state index is 10.4. The smallest absolute Gasteiger partial charge is 0.321 e. The molecule has 8 nitrogen and oxygen atoms in total. The SMILES string of the molecule is CC(=O)C(C(C)=O)C(=O)O.CC(C)O.CC(C)O.CC(C)O.CC(C)O.[Ti].[Ti]. The molecule has 0 radical (unpaired) electrons. The maximum Gasteiger partial charge on any atom is 0.321 e. The second-order valence-corrected chi connectivity index (χ2v) is 6.37. The van der Waals surface area contributed by atoms with Crippen LogP contribution < -0.4 is 0 Å². The second-order valence-electron chi connectivity index (χ2n) is 6.37. The molecule has 0 aromatic carbocycles. The number of carbonyl (C=O) groups is 3. The summed E-state index contributed by atoms with van der Waals surface area (Å²) >= 11 is 0. The van der Waals surface area contributed by atoms with Gasteiger partial charge in [0.1, 0.15) is 0 Å². The first-order chi connectivity index (χ1) is 11.4. The molecule has 0 saturated heterocycles. The Morgan fingerprint density at radius 1 is 0.536 bits per heavy atom. The Balaban J connectivity index is -0.0000000420. The molecular formula is C18H40O8Ti2. The summed E-state index contributed by atoms with van der Waals surface area (Å²) in [6, 6.07) is 0. The minimum absolute atomic E-state index is 0. The van der Waals surface area contributed by atoms with Crippen molar-refractivity contribution < 1.29 is 83.4 Å². The van der Waals surface area contributed by atoms with Gasteiger partial charge in [0.05, 0.1) is 0 Å². The van der Waals surface area contributed by atoms with E-state index in [1.165, 1.54) is 0 Å². The van der Waals surface area contributed by atoms with Crippen molar-refractivity contribution in [3.63, 3.8) is 0 Å². The third-order valence-electron chi connectivity index (χ3n) is 1.06. The number of carboxylic acid groups (broad SMARTS) is 1. The van der Waals surface area contributed by atoms with Crippen LogP contribution in [-0.4, -0.2) is 67.5 Å². The van der Waals surface area contributed by atoms with E-state index in [4.69, 9.17) is 25.5 Å². The molecule has 0 spiro atoms. The van der Waals surface area contributed by atoms with E-state index in [2.05, 4.69) is 0 Å². The number of Topliss-reactive ketones (excluding diaryl/α,β-unsaturated/α-hetero) is 2. The Bertz CT molecular complexity index is 278.